The summed E-state index contributed by atoms with van der Waals surface area (Å²) in [6.07, 6.45) is 2.96. The van der Waals surface area contributed by atoms with E-state index < -0.39 is 17.6 Å². The molecule has 1 aliphatic rings. The fraction of sp³-hybridized carbons (Fsp3) is 0.286. The zero-order valence-electron chi connectivity index (χ0n) is 16.4. The number of hydrogen-bond donors (Lipinski definition) is 0. The van der Waals surface area contributed by atoms with Crippen LogP contribution in [0, 0.1) is 0 Å². The van der Waals surface area contributed by atoms with E-state index in [0.717, 1.165) is 27.1 Å². The van der Waals surface area contributed by atoms with E-state index in [-0.39, 0.29) is 6.54 Å². The first-order chi connectivity index (χ1) is 13.6. The van der Waals surface area contributed by atoms with Crippen molar-refractivity contribution < 1.29 is 14.3 Å². The lowest BCUT2D eigenvalue weighted by Gasteiger charge is -2.23. The predicted octanol–water partition coefficient (Wildman–Crippen LogP) is 5.55. The Bertz CT molecular complexity index is 1180. The molecule has 3 heterocycles. The lowest BCUT2D eigenvalue weighted by Crippen LogP contribution is -2.36. The number of aryl methyl sites for hydroxylation is 1. The molecule has 2 aromatic heterocycles. The van der Waals surface area contributed by atoms with Crippen molar-refractivity contribution in [3.8, 4) is 11.1 Å². The van der Waals surface area contributed by atoms with E-state index in [4.69, 9.17) is 16.3 Å². The van der Waals surface area contributed by atoms with Crippen LogP contribution in [0.4, 0.5) is 4.79 Å². The molecule has 0 radical (unpaired) electrons. The Labute approximate surface area is 181 Å². The molecule has 0 aliphatic carbocycles. The predicted molar refractivity (Wildman–Crippen MR) is 115 cm³/mol. The summed E-state index contributed by atoms with van der Waals surface area (Å²) in [7, 11) is 1.92. The molecule has 4 rings (SSSR count). The average Bonchev–Trinajstić information content (AvgIpc) is 3.15. The maximum atomic E-state index is 13.0. The quantitative estimate of drug-likeness (QED) is 0.462. The molecule has 0 saturated carbocycles. The second kappa shape index (κ2) is 6.85. The second-order valence-electron chi connectivity index (χ2n) is 7.96. The third kappa shape index (κ3) is 3.32. The van der Waals surface area contributed by atoms with E-state index in [1.54, 1.807) is 33.0 Å². The van der Waals surface area contributed by atoms with E-state index >= 15 is 0 Å². The molecule has 1 aromatic carbocycles. The highest BCUT2D eigenvalue weighted by Crippen LogP contribution is 2.43. The minimum Gasteiger partial charge on any atom is -0.443 e. The minimum absolute atomic E-state index is 0.0915. The zero-order valence-corrected chi connectivity index (χ0v) is 18.8. The summed E-state index contributed by atoms with van der Waals surface area (Å²) in [6.45, 7) is 5.38. The summed E-state index contributed by atoms with van der Waals surface area (Å²) in [6, 6.07) is 5.53. The van der Waals surface area contributed by atoms with Crippen molar-refractivity contribution in [2.24, 2.45) is 7.05 Å². The minimum atomic E-state index is -0.703. The molecule has 0 fully saturated rings. The summed E-state index contributed by atoms with van der Waals surface area (Å²) in [4.78, 5) is 31.2. The Kier molecular flexibility index (Phi) is 4.70. The van der Waals surface area contributed by atoms with E-state index in [9.17, 15) is 9.59 Å². The number of hydrogen-bond acceptors (Lipinski definition) is 4. The normalized spacial score (nSPS) is 13.9. The van der Waals surface area contributed by atoms with E-state index in [0.29, 0.717) is 20.6 Å². The number of nitrogens with zero attached hydrogens (tertiary/aromatic N) is 3. The van der Waals surface area contributed by atoms with Crippen molar-refractivity contribution in [2.45, 2.75) is 32.9 Å². The van der Waals surface area contributed by atoms with Gasteiger partial charge in [-0.05, 0) is 66.0 Å². The van der Waals surface area contributed by atoms with Crippen LogP contribution in [0.2, 0.25) is 5.02 Å². The number of imide groups is 1. The van der Waals surface area contributed by atoms with E-state index in [2.05, 4.69) is 20.9 Å². The van der Waals surface area contributed by atoms with Gasteiger partial charge in [0.1, 0.15) is 11.2 Å². The first-order valence-corrected chi connectivity index (χ1v) is 10.2. The molecule has 0 atom stereocenters. The first-order valence-electron chi connectivity index (χ1n) is 9.04. The number of carbonyl (C=O) groups is 2. The number of amides is 2. The summed E-state index contributed by atoms with van der Waals surface area (Å²) >= 11 is 10.1. The molecule has 6 nitrogen and oxygen atoms in total. The summed E-state index contributed by atoms with van der Waals surface area (Å²) in [5, 5.41) is 1.41. The van der Waals surface area contributed by atoms with Gasteiger partial charge in [-0.25, -0.2) is 14.7 Å². The van der Waals surface area contributed by atoms with Crippen molar-refractivity contribution in [1.29, 1.82) is 0 Å². The largest absolute Gasteiger partial charge is 0.443 e. The van der Waals surface area contributed by atoms with Crippen LogP contribution in [0.15, 0.2) is 35.1 Å². The molecule has 29 heavy (non-hydrogen) atoms. The molecule has 2 amide bonds. The number of ether oxygens (including phenoxy) is 1. The van der Waals surface area contributed by atoms with Crippen LogP contribution in [0.3, 0.4) is 0 Å². The van der Waals surface area contributed by atoms with Crippen LogP contribution in [-0.4, -0.2) is 32.1 Å². The lowest BCUT2D eigenvalue weighted by molar-refractivity contribution is 0.0248. The Morgan fingerprint density at radius 1 is 1.28 bits per heavy atom. The van der Waals surface area contributed by atoms with Gasteiger partial charge in [0.25, 0.3) is 5.91 Å². The van der Waals surface area contributed by atoms with Crippen LogP contribution in [-0.2, 0) is 18.3 Å². The van der Waals surface area contributed by atoms with E-state index in [1.165, 1.54) is 0 Å². The Morgan fingerprint density at radius 3 is 2.69 bits per heavy atom. The number of benzene rings is 1. The molecule has 0 spiro atoms. The van der Waals surface area contributed by atoms with Crippen LogP contribution in [0.5, 0.6) is 0 Å². The molecule has 0 unspecified atom stereocenters. The number of carbonyl (C=O) groups excluding carboxylic acids is 2. The van der Waals surface area contributed by atoms with Gasteiger partial charge in [-0.1, -0.05) is 11.6 Å². The van der Waals surface area contributed by atoms with Crippen molar-refractivity contribution in [1.82, 2.24) is 14.5 Å². The Balaban J connectivity index is 1.89. The fourth-order valence-electron chi connectivity index (χ4n) is 3.56. The molecular weight excluding hydrogens is 458 g/mol. The van der Waals surface area contributed by atoms with Gasteiger partial charge in [0.05, 0.1) is 12.1 Å². The van der Waals surface area contributed by atoms with Gasteiger partial charge >= 0.3 is 6.09 Å². The van der Waals surface area contributed by atoms with Crippen molar-refractivity contribution in [2.75, 3.05) is 0 Å². The van der Waals surface area contributed by atoms with Gasteiger partial charge in [-0.15, -0.1) is 0 Å². The van der Waals surface area contributed by atoms with Crippen LogP contribution in [0.25, 0.3) is 22.2 Å². The number of aromatic nitrogens is 2. The topological polar surface area (TPSA) is 64.4 Å². The van der Waals surface area contributed by atoms with Crippen molar-refractivity contribution in [3.05, 3.63) is 51.2 Å². The Morgan fingerprint density at radius 2 is 2.00 bits per heavy atom. The van der Waals surface area contributed by atoms with E-state index in [1.807, 2.05) is 29.9 Å². The SMILES string of the molecule is Cn1ccc2c(-c3c(Cl)cc(Br)c4c3CN(C(=O)OC(C)(C)C)C4=O)ccnc21. The molecule has 8 heteroatoms. The Hall–Kier alpha value is -2.38. The van der Waals surface area contributed by atoms with Gasteiger partial charge in [0.2, 0.25) is 0 Å². The molecule has 0 N–H and O–H groups in total. The highest BCUT2D eigenvalue weighted by atomic mass is 79.9. The van der Waals surface area contributed by atoms with Crippen molar-refractivity contribution in [3.63, 3.8) is 0 Å². The number of rotatable bonds is 1. The van der Waals surface area contributed by atoms with Gasteiger partial charge in [-0.3, -0.25) is 4.79 Å². The smallest absolute Gasteiger partial charge is 0.417 e. The summed E-state index contributed by atoms with van der Waals surface area (Å²) in [5.74, 6) is -0.405. The van der Waals surface area contributed by atoms with Crippen LogP contribution < -0.4 is 0 Å². The fourth-order valence-corrected chi connectivity index (χ4v) is 4.66. The van der Waals surface area contributed by atoms with Crippen molar-refractivity contribution >= 4 is 50.6 Å². The third-order valence-electron chi connectivity index (χ3n) is 4.76. The molecular formula is C21H19BrClN3O3. The molecule has 0 bridgehead atoms. The van der Waals surface area contributed by atoms with Gasteiger partial charge < -0.3 is 9.30 Å². The molecule has 3 aromatic rings. The molecule has 150 valence electrons. The van der Waals surface area contributed by atoms with Gasteiger partial charge in [0.15, 0.2) is 0 Å². The highest BCUT2D eigenvalue weighted by Gasteiger charge is 2.39. The number of halogens is 2. The number of fused-ring (bicyclic) bond motifs is 2. The van der Waals surface area contributed by atoms with Crippen LogP contribution >= 0.6 is 27.5 Å². The summed E-state index contributed by atoms with van der Waals surface area (Å²) < 4.78 is 7.89. The lowest BCUT2D eigenvalue weighted by atomic mass is 9.95. The van der Waals surface area contributed by atoms with Gasteiger partial charge in [0, 0.05) is 39.9 Å². The maximum Gasteiger partial charge on any atom is 0.417 e. The maximum absolute atomic E-state index is 13.0. The zero-order chi connectivity index (χ0) is 21.1. The first kappa shape index (κ1) is 19.9. The highest BCUT2D eigenvalue weighted by molar-refractivity contribution is 9.10. The average molecular weight is 477 g/mol. The van der Waals surface area contributed by atoms with Gasteiger partial charge in [-0.2, -0.15) is 0 Å². The molecule has 0 saturated heterocycles. The standard InChI is InChI=1S/C21H19BrClN3O3/c1-21(2,3)29-20(28)26-10-13-16(15(23)9-14(22)17(13)19(26)27)11-5-7-24-18-12(11)6-8-25(18)4/h5-9H,10H2,1-4H3. The van der Waals surface area contributed by atoms with Crippen LogP contribution in [0.1, 0.15) is 36.7 Å². The monoisotopic (exact) mass is 475 g/mol. The third-order valence-corrected chi connectivity index (χ3v) is 5.68. The number of pyridine rings is 1. The second-order valence-corrected chi connectivity index (χ2v) is 9.22. The molecule has 1 aliphatic heterocycles. The summed E-state index contributed by atoms with van der Waals surface area (Å²) in [5.41, 5.74) is 2.81.